The Morgan fingerprint density at radius 2 is 1.61 bits per heavy atom. The third-order valence-electron chi connectivity index (χ3n) is 4.99. The van der Waals surface area contributed by atoms with Crippen LogP contribution in [0, 0.1) is 0 Å². The lowest BCUT2D eigenvalue weighted by molar-refractivity contribution is -0.145. The first-order chi connectivity index (χ1) is 16.1. The molecule has 0 aliphatic carbocycles. The monoisotopic (exact) mass is 460 g/mol. The Kier molecular flexibility index (Phi) is 7.17. The molecule has 4 rings (SSSR count). The van der Waals surface area contributed by atoms with Crippen molar-refractivity contribution >= 4 is 23.5 Å². The van der Waals surface area contributed by atoms with Crippen LogP contribution in [0.2, 0.25) is 5.02 Å². The summed E-state index contributed by atoms with van der Waals surface area (Å²) in [5.74, 6) is -0.255. The third kappa shape index (κ3) is 5.87. The lowest BCUT2D eigenvalue weighted by atomic mass is 10.0. The van der Waals surface area contributed by atoms with Gasteiger partial charge in [-0.05, 0) is 17.7 Å². The number of carbonyl (C=O) groups excluding carboxylic acids is 2. The van der Waals surface area contributed by atoms with Crippen molar-refractivity contribution in [2.75, 3.05) is 0 Å². The normalized spacial score (nSPS) is 11.5. The molecule has 6 nitrogen and oxygen atoms in total. The maximum Gasteiger partial charge on any atom is 0.308 e. The maximum absolute atomic E-state index is 12.8. The molecule has 4 aromatic rings. The highest BCUT2D eigenvalue weighted by atomic mass is 35.5. The number of hydrogen-bond donors (Lipinski definition) is 1. The summed E-state index contributed by atoms with van der Waals surface area (Å²) in [5, 5.41) is 7.19. The Bertz CT molecular complexity index is 1230. The number of amides is 1. The predicted octanol–water partition coefficient (Wildman–Crippen LogP) is 5.60. The second kappa shape index (κ2) is 10.6. The summed E-state index contributed by atoms with van der Waals surface area (Å²) in [6.07, 6.45) is -0.0520. The van der Waals surface area contributed by atoms with Crippen molar-refractivity contribution in [2.45, 2.75) is 19.1 Å². The molecule has 33 heavy (non-hydrogen) atoms. The summed E-state index contributed by atoms with van der Waals surface area (Å²) in [4.78, 5) is 25.4. The van der Waals surface area contributed by atoms with Crippen molar-refractivity contribution < 1.29 is 18.8 Å². The van der Waals surface area contributed by atoms with Crippen molar-refractivity contribution in [3.05, 3.63) is 113 Å². The Hall–Kier alpha value is -3.90. The van der Waals surface area contributed by atoms with E-state index in [2.05, 4.69) is 10.5 Å². The van der Waals surface area contributed by atoms with Crippen LogP contribution in [0.4, 0.5) is 0 Å². The quantitative estimate of drug-likeness (QED) is 0.346. The Balaban J connectivity index is 1.41. The first-order valence-electron chi connectivity index (χ1n) is 10.4. The number of esters is 1. The number of hydrogen-bond acceptors (Lipinski definition) is 5. The molecule has 1 unspecified atom stereocenters. The number of aromatic nitrogens is 1. The van der Waals surface area contributed by atoms with Crippen LogP contribution in [0.25, 0.3) is 11.3 Å². The van der Waals surface area contributed by atoms with Crippen LogP contribution in [-0.2, 0) is 16.1 Å². The molecule has 3 aromatic carbocycles. The first kappa shape index (κ1) is 22.3. The van der Waals surface area contributed by atoms with Crippen molar-refractivity contribution in [3.63, 3.8) is 0 Å². The molecule has 1 atom stereocenters. The van der Waals surface area contributed by atoms with E-state index in [4.69, 9.17) is 20.9 Å². The van der Waals surface area contributed by atoms with E-state index in [1.165, 1.54) is 0 Å². The molecule has 0 aliphatic rings. The summed E-state index contributed by atoms with van der Waals surface area (Å²) < 4.78 is 10.7. The number of benzene rings is 3. The fraction of sp³-hybridized carbons (Fsp3) is 0.115. The summed E-state index contributed by atoms with van der Waals surface area (Å²) in [6, 6.07) is 26.7. The molecule has 166 valence electrons. The van der Waals surface area contributed by atoms with E-state index in [1.807, 2.05) is 60.7 Å². The van der Waals surface area contributed by atoms with Crippen molar-refractivity contribution in [1.82, 2.24) is 10.5 Å². The van der Waals surface area contributed by atoms with E-state index in [9.17, 15) is 9.59 Å². The molecular formula is C26H21ClN2O4. The van der Waals surface area contributed by atoms with Crippen LogP contribution in [0.5, 0.6) is 0 Å². The molecule has 1 heterocycles. The number of carbonyl (C=O) groups is 2. The second-order valence-electron chi connectivity index (χ2n) is 7.33. The molecule has 0 radical (unpaired) electrons. The van der Waals surface area contributed by atoms with E-state index in [0.29, 0.717) is 22.0 Å². The minimum atomic E-state index is -0.584. The standard InChI is InChI=1S/C26H21ClN2O4/c27-22-14-8-7-13-21(22)26(31)28-23(18-9-3-1-4-10-18)16-25(30)32-17-20-15-24(33-29-20)19-11-5-2-6-12-19/h1-15,23H,16-17H2,(H,28,31). The van der Waals surface area contributed by atoms with E-state index >= 15 is 0 Å². The van der Waals surface area contributed by atoms with Crippen LogP contribution in [0.1, 0.15) is 34.1 Å². The summed E-state index contributed by atoms with van der Waals surface area (Å²) in [5.41, 5.74) is 2.50. The zero-order valence-corrected chi connectivity index (χ0v) is 18.4. The molecule has 0 bridgehead atoms. The van der Waals surface area contributed by atoms with E-state index in [0.717, 1.165) is 11.1 Å². The summed E-state index contributed by atoms with van der Waals surface area (Å²) >= 11 is 6.15. The van der Waals surface area contributed by atoms with Crippen molar-refractivity contribution in [3.8, 4) is 11.3 Å². The Morgan fingerprint density at radius 3 is 2.33 bits per heavy atom. The fourth-order valence-electron chi connectivity index (χ4n) is 3.32. The number of nitrogens with zero attached hydrogens (tertiary/aromatic N) is 1. The topological polar surface area (TPSA) is 81.4 Å². The zero-order valence-electron chi connectivity index (χ0n) is 17.6. The molecule has 1 N–H and O–H groups in total. The molecule has 0 fully saturated rings. The van der Waals surface area contributed by atoms with Gasteiger partial charge in [-0.25, -0.2) is 0 Å². The van der Waals surface area contributed by atoms with Crippen LogP contribution < -0.4 is 5.32 Å². The number of ether oxygens (including phenoxy) is 1. The molecule has 7 heteroatoms. The van der Waals surface area contributed by atoms with Gasteiger partial charge in [-0.3, -0.25) is 9.59 Å². The average molecular weight is 461 g/mol. The van der Waals surface area contributed by atoms with Gasteiger partial charge in [0, 0.05) is 11.6 Å². The van der Waals surface area contributed by atoms with Crippen molar-refractivity contribution in [1.29, 1.82) is 0 Å². The highest BCUT2D eigenvalue weighted by Crippen LogP contribution is 2.22. The molecule has 1 aromatic heterocycles. The minimum Gasteiger partial charge on any atom is -0.459 e. The lowest BCUT2D eigenvalue weighted by Crippen LogP contribution is -2.30. The van der Waals surface area contributed by atoms with E-state index < -0.39 is 12.0 Å². The lowest BCUT2D eigenvalue weighted by Gasteiger charge is -2.19. The van der Waals surface area contributed by atoms with Gasteiger partial charge in [-0.15, -0.1) is 0 Å². The van der Waals surface area contributed by atoms with Gasteiger partial charge in [0.2, 0.25) is 0 Å². The maximum atomic E-state index is 12.8. The number of rotatable bonds is 8. The largest absolute Gasteiger partial charge is 0.459 e. The minimum absolute atomic E-state index is 0.0326. The number of nitrogens with one attached hydrogen (secondary N) is 1. The smallest absolute Gasteiger partial charge is 0.308 e. The molecule has 0 spiro atoms. The highest BCUT2D eigenvalue weighted by molar-refractivity contribution is 6.33. The Labute approximate surface area is 196 Å². The van der Waals surface area contributed by atoms with Gasteiger partial charge < -0.3 is 14.6 Å². The molecule has 0 aliphatic heterocycles. The van der Waals surface area contributed by atoms with E-state index in [-0.39, 0.29) is 18.9 Å². The molecular weight excluding hydrogens is 440 g/mol. The van der Waals surface area contributed by atoms with Gasteiger partial charge in [-0.2, -0.15) is 0 Å². The average Bonchev–Trinajstić information content (AvgIpc) is 3.33. The van der Waals surface area contributed by atoms with Gasteiger partial charge >= 0.3 is 5.97 Å². The van der Waals surface area contributed by atoms with Gasteiger partial charge in [0.25, 0.3) is 5.91 Å². The van der Waals surface area contributed by atoms with Gasteiger partial charge in [-0.1, -0.05) is 89.6 Å². The van der Waals surface area contributed by atoms with Crippen molar-refractivity contribution in [2.24, 2.45) is 0 Å². The van der Waals surface area contributed by atoms with Crippen LogP contribution >= 0.6 is 11.6 Å². The summed E-state index contributed by atoms with van der Waals surface area (Å²) in [6.45, 7) is -0.0326. The summed E-state index contributed by atoms with van der Waals surface area (Å²) in [7, 11) is 0. The third-order valence-corrected chi connectivity index (χ3v) is 5.32. The fourth-order valence-corrected chi connectivity index (χ4v) is 3.54. The van der Waals surface area contributed by atoms with Gasteiger partial charge in [0.15, 0.2) is 5.76 Å². The van der Waals surface area contributed by atoms with Gasteiger partial charge in [0.05, 0.1) is 23.0 Å². The predicted molar refractivity (Wildman–Crippen MR) is 124 cm³/mol. The van der Waals surface area contributed by atoms with Crippen LogP contribution in [0.15, 0.2) is 95.5 Å². The SMILES string of the molecule is O=C(CC(NC(=O)c1ccccc1Cl)c1ccccc1)OCc1cc(-c2ccccc2)on1. The Morgan fingerprint density at radius 1 is 0.939 bits per heavy atom. The van der Waals surface area contributed by atoms with Crippen LogP contribution in [-0.4, -0.2) is 17.0 Å². The first-order valence-corrected chi connectivity index (χ1v) is 10.7. The van der Waals surface area contributed by atoms with Crippen LogP contribution in [0.3, 0.4) is 0 Å². The van der Waals surface area contributed by atoms with E-state index in [1.54, 1.807) is 30.3 Å². The molecule has 0 saturated heterocycles. The number of halogens is 1. The highest BCUT2D eigenvalue weighted by Gasteiger charge is 2.21. The molecule has 1 amide bonds. The van der Waals surface area contributed by atoms with Gasteiger partial charge in [0.1, 0.15) is 12.3 Å². The molecule has 0 saturated carbocycles. The second-order valence-corrected chi connectivity index (χ2v) is 7.74. The zero-order chi connectivity index (χ0) is 23.0.